The van der Waals surface area contributed by atoms with Crippen LogP contribution in [0.4, 0.5) is 5.69 Å². The zero-order valence-corrected chi connectivity index (χ0v) is 13.1. The summed E-state index contributed by atoms with van der Waals surface area (Å²) < 4.78 is 0. The molecule has 2 amide bonds. The molecule has 2 aromatic carbocycles. The van der Waals surface area contributed by atoms with Gasteiger partial charge in [0.1, 0.15) is 0 Å². The largest absolute Gasteiger partial charge is 0.349 e. The van der Waals surface area contributed by atoms with Crippen molar-refractivity contribution in [1.82, 2.24) is 5.32 Å². The lowest BCUT2D eigenvalue weighted by molar-refractivity contribution is 0.0935. The lowest BCUT2D eigenvalue weighted by atomic mass is 10.1. The van der Waals surface area contributed by atoms with Crippen LogP contribution in [-0.4, -0.2) is 17.9 Å². The van der Waals surface area contributed by atoms with E-state index in [0.29, 0.717) is 22.7 Å². The first-order valence-corrected chi connectivity index (χ1v) is 7.91. The number of carbonyl (C=O) groups is 2. The van der Waals surface area contributed by atoms with Gasteiger partial charge in [-0.15, -0.1) is 0 Å². The van der Waals surface area contributed by atoms with Crippen molar-refractivity contribution < 1.29 is 9.59 Å². The van der Waals surface area contributed by atoms with Gasteiger partial charge < -0.3 is 10.6 Å². The molecule has 1 aliphatic rings. The molecule has 1 atom stereocenters. The zero-order valence-electron chi connectivity index (χ0n) is 13.1. The van der Waals surface area contributed by atoms with Gasteiger partial charge in [-0.1, -0.05) is 18.2 Å². The van der Waals surface area contributed by atoms with E-state index in [1.165, 1.54) is 12.8 Å². The maximum absolute atomic E-state index is 12.1. The summed E-state index contributed by atoms with van der Waals surface area (Å²) >= 11 is 0. The summed E-state index contributed by atoms with van der Waals surface area (Å²) in [4.78, 5) is 24.2. The molecule has 2 aromatic rings. The fourth-order valence-electron chi connectivity index (χ4n) is 2.50. The molecule has 4 heteroatoms. The first-order chi connectivity index (χ1) is 11.1. The number of nitrogens with one attached hydrogen (secondary N) is 2. The summed E-state index contributed by atoms with van der Waals surface area (Å²) in [5.74, 6) is 0.402. The van der Waals surface area contributed by atoms with Crippen molar-refractivity contribution in [2.24, 2.45) is 5.92 Å². The normalized spacial score (nSPS) is 14.8. The Labute approximate surface area is 135 Å². The molecule has 3 rings (SSSR count). The minimum Gasteiger partial charge on any atom is -0.349 e. The number of carbonyl (C=O) groups excluding carboxylic acids is 2. The predicted molar refractivity (Wildman–Crippen MR) is 90.5 cm³/mol. The number of anilines is 1. The molecule has 0 radical (unpaired) electrons. The first kappa shape index (κ1) is 15.3. The molecular weight excluding hydrogens is 288 g/mol. The topological polar surface area (TPSA) is 58.2 Å². The fourth-order valence-corrected chi connectivity index (χ4v) is 2.50. The quantitative estimate of drug-likeness (QED) is 0.888. The van der Waals surface area contributed by atoms with Crippen molar-refractivity contribution in [2.45, 2.75) is 25.8 Å². The summed E-state index contributed by atoms with van der Waals surface area (Å²) in [5.41, 5.74) is 1.88. The third-order valence-corrected chi connectivity index (χ3v) is 4.13. The number of amides is 2. The SMILES string of the molecule is CC(NC(=O)c1ccc(NC(=O)c2ccccc2)cc1)C1CC1. The number of benzene rings is 2. The average molecular weight is 308 g/mol. The summed E-state index contributed by atoms with van der Waals surface area (Å²) in [7, 11) is 0. The highest BCUT2D eigenvalue weighted by molar-refractivity contribution is 6.04. The highest BCUT2D eigenvalue weighted by Gasteiger charge is 2.29. The van der Waals surface area contributed by atoms with Crippen molar-refractivity contribution >= 4 is 17.5 Å². The van der Waals surface area contributed by atoms with E-state index < -0.39 is 0 Å². The molecular formula is C19H20N2O2. The second kappa shape index (κ2) is 6.65. The Morgan fingerprint density at radius 3 is 2.13 bits per heavy atom. The van der Waals surface area contributed by atoms with Crippen LogP contribution in [0.15, 0.2) is 54.6 Å². The number of hydrogen-bond donors (Lipinski definition) is 2. The first-order valence-electron chi connectivity index (χ1n) is 7.91. The predicted octanol–water partition coefficient (Wildman–Crippen LogP) is 3.47. The third kappa shape index (κ3) is 3.97. The van der Waals surface area contributed by atoms with Crippen LogP contribution in [0.5, 0.6) is 0 Å². The Bertz CT molecular complexity index is 691. The van der Waals surface area contributed by atoms with Gasteiger partial charge in [-0.3, -0.25) is 9.59 Å². The molecule has 0 aliphatic heterocycles. The molecule has 118 valence electrons. The number of hydrogen-bond acceptors (Lipinski definition) is 2. The Balaban J connectivity index is 1.60. The monoisotopic (exact) mass is 308 g/mol. The van der Waals surface area contributed by atoms with E-state index in [0.717, 1.165) is 0 Å². The van der Waals surface area contributed by atoms with E-state index >= 15 is 0 Å². The van der Waals surface area contributed by atoms with E-state index in [1.54, 1.807) is 36.4 Å². The van der Waals surface area contributed by atoms with Crippen LogP contribution in [0.2, 0.25) is 0 Å². The summed E-state index contributed by atoms with van der Waals surface area (Å²) in [6, 6.07) is 16.2. The van der Waals surface area contributed by atoms with Gasteiger partial charge in [0.05, 0.1) is 0 Å². The lowest BCUT2D eigenvalue weighted by Gasteiger charge is -2.13. The van der Waals surface area contributed by atoms with Crippen molar-refractivity contribution in [3.8, 4) is 0 Å². The molecule has 4 nitrogen and oxygen atoms in total. The van der Waals surface area contributed by atoms with Crippen molar-refractivity contribution in [3.63, 3.8) is 0 Å². The lowest BCUT2D eigenvalue weighted by Crippen LogP contribution is -2.33. The van der Waals surface area contributed by atoms with Gasteiger partial charge in [-0.2, -0.15) is 0 Å². The van der Waals surface area contributed by atoms with Gasteiger partial charge in [-0.05, 0) is 62.1 Å². The van der Waals surface area contributed by atoms with Crippen LogP contribution in [-0.2, 0) is 0 Å². The smallest absolute Gasteiger partial charge is 0.255 e. The van der Waals surface area contributed by atoms with E-state index in [1.807, 2.05) is 25.1 Å². The van der Waals surface area contributed by atoms with Crippen LogP contribution in [0, 0.1) is 5.92 Å². The molecule has 1 saturated carbocycles. The highest BCUT2D eigenvalue weighted by atomic mass is 16.2. The van der Waals surface area contributed by atoms with E-state index in [9.17, 15) is 9.59 Å². The van der Waals surface area contributed by atoms with Crippen LogP contribution < -0.4 is 10.6 Å². The van der Waals surface area contributed by atoms with E-state index in [-0.39, 0.29) is 17.9 Å². The Morgan fingerprint density at radius 1 is 0.913 bits per heavy atom. The van der Waals surface area contributed by atoms with E-state index in [4.69, 9.17) is 0 Å². The van der Waals surface area contributed by atoms with Crippen molar-refractivity contribution in [1.29, 1.82) is 0 Å². The van der Waals surface area contributed by atoms with Gasteiger partial charge >= 0.3 is 0 Å². The maximum atomic E-state index is 12.1. The molecule has 23 heavy (non-hydrogen) atoms. The van der Waals surface area contributed by atoms with Crippen LogP contribution in [0.1, 0.15) is 40.5 Å². The summed E-state index contributed by atoms with van der Waals surface area (Å²) in [5, 5.41) is 5.84. The molecule has 0 bridgehead atoms. The molecule has 0 spiro atoms. The molecule has 2 N–H and O–H groups in total. The van der Waals surface area contributed by atoms with Gasteiger partial charge in [0, 0.05) is 22.9 Å². The Morgan fingerprint density at radius 2 is 1.52 bits per heavy atom. The fraction of sp³-hybridized carbons (Fsp3) is 0.263. The molecule has 0 aromatic heterocycles. The summed E-state index contributed by atoms with van der Waals surface area (Å²) in [6.07, 6.45) is 2.40. The van der Waals surface area contributed by atoms with Crippen LogP contribution >= 0.6 is 0 Å². The van der Waals surface area contributed by atoms with Gasteiger partial charge in [-0.25, -0.2) is 0 Å². The summed E-state index contributed by atoms with van der Waals surface area (Å²) in [6.45, 7) is 2.05. The van der Waals surface area contributed by atoms with Crippen molar-refractivity contribution in [2.75, 3.05) is 5.32 Å². The van der Waals surface area contributed by atoms with E-state index in [2.05, 4.69) is 10.6 Å². The van der Waals surface area contributed by atoms with Crippen LogP contribution in [0.3, 0.4) is 0 Å². The minimum absolute atomic E-state index is 0.0645. The third-order valence-electron chi connectivity index (χ3n) is 4.13. The standard InChI is InChI=1S/C19H20N2O2/c1-13(14-7-8-14)20-18(22)16-9-11-17(12-10-16)21-19(23)15-5-3-2-4-6-15/h2-6,9-14H,7-8H2,1H3,(H,20,22)(H,21,23). The molecule has 0 saturated heterocycles. The molecule has 1 fully saturated rings. The Hall–Kier alpha value is -2.62. The zero-order chi connectivity index (χ0) is 16.2. The maximum Gasteiger partial charge on any atom is 0.255 e. The number of rotatable bonds is 5. The second-order valence-electron chi connectivity index (χ2n) is 6.00. The van der Waals surface area contributed by atoms with Crippen molar-refractivity contribution in [3.05, 3.63) is 65.7 Å². The minimum atomic E-state index is -0.162. The highest BCUT2D eigenvalue weighted by Crippen LogP contribution is 2.32. The van der Waals surface area contributed by atoms with Crippen LogP contribution in [0.25, 0.3) is 0 Å². The molecule has 1 aliphatic carbocycles. The molecule has 0 heterocycles. The van der Waals surface area contributed by atoms with Gasteiger partial charge in [0.15, 0.2) is 0 Å². The van der Waals surface area contributed by atoms with Gasteiger partial charge in [0.25, 0.3) is 11.8 Å². The molecule has 1 unspecified atom stereocenters. The van der Waals surface area contributed by atoms with Gasteiger partial charge in [0.2, 0.25) is 0 Å². The second-order valence-corrected chi connectivity index (χ2v) is 6.00. The Kier molecular flexibility index (Phi) is 4.42. The average Bonchev–Trinajstić information content (AvgIpc) is 3.41.